The van der Waals surface area contributed by atoms with Crippen LogP contribution in [0.2, 0.25) is 0 Å². The highest BCUT2D eigenvalue weighted by molar-refractivity contribution is 14.1. The predicted molar refractivity (Wildman–Crippen MR) is 65.8 cm³/mol. The number of aryl methyl sites for hydroxylation is 1. The monoisotopic (exact) mass is 304 g/mol. The molecule has 0 amide bonds. The fraction of sp³-hybridized carbons (Fsp3) is 0.200. The van der Waals surface area contributed by atoms with Gasteiger partial charge in [0.1, 0.15) is 5.75 Å². The highest BCUT2D eigenvalue weighted by Gasteiger charge is 2.07. The normalized spacial score (nSPS) is 10.7. The third-order valence-electron chi connectivity index (χ3n) is 1.93. The van der Waals surface area contributed by atoms with Crippen molar-refractivity contribution in [1.82, 2.24) is 0 Å². The lowest BCUT2D eigenvalue weighted by molar-refractivity contribution is 0.412. The quantitative estimate of drug-likeness (QED) is 0.728. The van der Waals surface area contributed by atoms with E-state index in [1.54, 1.807) is 7.11 Å². The minimum atomic E-state index is 0.968. The predicted octanol–water partition coefficient (Wildman–Crippen LogP) is 3.82. The molecular formula is C10H9IOS. The third kappa shape index (κ3) is 1.55. The Morgan fingerprint density at radius 2 is 2.15 bits per heavy atom. The number of halogens is 1. The van der Waals surface area contributed by atoms with Crippen molar-refractivity contribution >= 4 is 44.0 Å². The zero-order valence-electron chi connectivity index (χ0n) is 7.43. The fourth-order valence-corrected chi connectivity index (χ4v) is 3.32. The van der Waals surface area contributed by atoms with Crippen LogP contribution >= 0.6 is 33.9 Å². The van der Waals surface area contributed by atoms with Crippen LogP contribution in [-0.2, 0) is 0 Å². The Bertz CT molecular complexity index is 447. The van der Waals surface area contributed by atoms with E-state index in [2.05, 4.69) is 41.6 Å². The second-order valence-electron chi connectivity index (χ2n) is 2.86. The molecule has 0 bridgehead atoms. The van der Waals surface area contributed by atoms with E-state index in [0.29, 0.717) is 0 Å². The number of methoxy groups -OCH3 is 1. The fourth-order valence-electron chi connectivity index (χ4n) is 1.34. The Kier molecular flexibility index (Phi) is 2.47. The first kappa shape index (κ1) is 9.27. The first-order chi connectivity index (χ1) is 6.22. The minimum absolute atomic E-state index is 0.968. The summed E-state index contributed by atoms with van der Waals surface area (Å²) < 4.78 is 7.81. The van der Waals surface area contributed by atoms with Gasteiger partial charge in [0.25, 0.3) is 0 Å². The van der Waals surface area contributed by atoms with Crippen LogP contribution in [0.4, 0.5) is 0 Å². The molecule has 0 saturated carbocycles. The summed E-state index contributed by atoms with van der Waals surface area (Å²) in [6.45, 7) is 2.13. The average Bonchev–Trinajstić information content (AvgIpc) is 2.47. The Morgan fingerprint density at radius 3 is 2.85 bits per heavy atom. The maximum absolute atomic E-state index is 5.26. The first-order valence-corrected chi connectivity index (χ1v) is 5.84. The van der Waals surface area contributed by atoms with E-state index in [4.69, 9.17) is 4.74 Å². The van der Waals surface area contributed by atoms with Crippen LogP contribution in [0.1, 0.15) is 4.88 Å². The van der Waals surface area contributed by atoms with Crippen LogP contribution in [0.3, 0.4) is 0 Å². The number of benzene rings is 1. The SMILES string of the molecule is COc1ccc2cc(C)sc2c1I. The average molecular weight is 304 g/mol. The van der Waals surface area contributed by atoms with Crippen molar-refractivity contribution in [2.45, 2.75) is 6.92 Å². The van der Waals surface area contributed by atoms with E-state index < -0.39 is 0 Å². The summed E-state index contributed by atoms with van der Waals surface area (Å²) in [4.78, 5) is 1.35. The van der Waals surface area contributed by atoms with Gasteiger partial charge in [-0.05, 0) is 53.1 Å². The van der Waals surface area contributed by atoms with Crippen molar-refractivity contribution in [1.29, 1.82) is 0 Å². The van der Waals surface area contributed by atoms with E-state index in [1.807, 2.05) is 17.4 Å². The molecule has 13 heavy (non-hydrogen) atoms. The van der Waals surface area contributed by atoms with Crippen LogP contribution in [0, 0.1) is 10.5 Å². The Balaban J connectivity index is 2.78. The van der Waals surface area contributed by atoms with Crippen molar-refractivity contribution in [3.8, 4) is 5.75 Å². The first-order valence-electron chi connectivity index (χ1n) is 3.95. The van der Waals surface area contributed by atoms with Gasteiger partial charge in [0.15, 0.2) is 0 Å². The molecule has 0 aliphatic carbocycles. The van der Waals surface area contributed by atoms with Gasteiger partial charge in [0.05, 0.1) is 15.4 Å². The molecule has 2 rings (SSSR count). The smallest absolute Gasteiger partial charge is 0.133 e. The van der Waals surface area contributed by atoms with Crippen molar-refractivity contribution in [2.75, 3.05) is 7.11 Å². The van der Waals surface area contributed by atoms with Gasteiger partial charge >= 0.3 is 0 Å². The zero-order valence-corrected chi connectivity index (χ0v) is 10.4. The second-order valence-corrected chi connectivity index (χ2v) is 5.19. The standard InChI is InChI=1S/C10H9IOS/c1-6-5-7-3-4-8(12-2)9(11)10(7)13-6/h3-5H,1-2H3. The van der Waals surface area contributed by atoms with Crippen LogP contribution < -0.4 is 4.74 Å². The van der Waals surface area contributed by atoms with Crippen LogP contribution in [0.25, 0.3) is 10.1 Å². The largest absolute Gasteiger partial charge is 0.496 e. The molecule has 2 aromatic rings. The summed E-state index contributed by atoms with van der Waals surface area (Å²) in [7, 11) is 1.71. The van der Waals surface area contributed by atoms with Gasteiger partial charge in [0.2, 0.25) is 0 Å². The highest BCUT2D eigenvalue weighted by Crippen LogP contribution is 2.34. The Morgan fingerprint density at radius 1 is 1.38 bits per heavy atom. The molecule has 0 fully saturated rings. The lowest BCUT2D eigenvalue weighted by Gasteiger charge is -2.02. The second kappa shape index (κ2) is 3.46. The summed E-state index contributed by atoms with van der Waals surface area (Å²) >= 11 is 4.16. The molecule has 0 N–H and O–H groups in total. The highest BCUT2D eigenvalue weighted by atomic mass is 127. The molecule has 0 spiro atoms. The van der Waals surface area contributed by atoms with Gasteiger partial charge in [0, 0.05) is 4.88 Å². The van der Waals surface area contributed by atoms with E-state index >= 15 is 0 Å². The number of ether oxygens (including phenoxy) is 1. The van der Waals surface area contributed by atoms with E-state index in [-0.39, 0.29) is 0 Å². The molecule has 0 aliphatic rings. The van der Waals surface area contributed by atoms with Gasteiger partial charge in [-0.2, -0.15) is 0 Å². The van der Waals surface area contributed by atoms with Crippen LogP contribution in [0.5, 0.6) is 5.75 Å². The maximum atomic E-state index is 5.26. The number of thiophene rings is 1. The molecule has 0 atom stereocenters. The molecule has 0 saturated heterocycles. The molecule has 1 nitrogen and oxygen atoms in total. The van der Waals surface area contributed by atoms with Gasteiger partial charge in [-0.1, -0.05) is 0 Å². The van der Waals surface area contributed by atoms with E-state index in [1.165, 1.54) is 18.5 Å². The van der Waals surface area contributed by atoms with Crippen molar-refractivity contribution in [3.05, 3.63) is 26.6 Å². The molecule has 1 aromatic carbocycles. The van der Waals surface area contributed by atoms with E-state index in [9.17, 15) is 0 Å². The molecule has 0 unspecified atom stereocenters. The minimum Gasteiger partial charge on any atom is -0.496 e. The lowest BCUT2D eigenvalue weighted by atomic mass is 10.2. The lowest BCUT2D eigenvalue weighted by Crippen LogP contribution is -1.85. The summed E-state index contributed by atoms with van der Waals surface area (Å²) in [5.74, 6) is 0.968. The van der Waals surface area contributed by atoms with Crippen LogP contribution in [-0.4, -0.2) is 7.11 Å². The number of hydrogen-bond donors (Lipinski definition) is 0. The zero-order chi connectivity index (χ0) is 9.42. The van der Waals surface area contributed by atoms with Gasteiger partial charge < -0.3 is 4.74 Å². The van der Waals surface area contributed by atoms with Crippen LogP contribution in [0.15, 0.2) is 18.2 Å². The Hall–Kier alpha value is -0.290. The summed E-state index contributed by atoms with van der Waals surface area (Å²) in [5, 5.41) is 1.31. The summed E-state index contributed by atoms with van der Waals surface area (Å²) in [6.07, 6.45) is 0. The van der Waals surface area contributed by atoms with E-state index in [0.717, 1.165) is 5.75 Å². The van der Waals surface area contributed by atoms with Gasteiger partial charge in [-0.25, -0.2) is 0 Å². The molecule has 1 aromatic heterocycles. The van der Waals surface area contributed by atoms with Gasteiger partial charge in [-0.3, -0.25) is 0 Å². The van der Waals surface area contributed by atoms with Crippen molar-refractivity contribution < 1.29 is 4.74 Å². The Labute approximate surface area is 94.9 Å². The molecular weight excluding hydrogens is 295 g/mol. The third-order valence-corrected chi connectivity index (χ3v) is 4.45. The maximum Gasteiger partial charge on any atom is 0.133 e. The van der Waals surface area contributed by atoms with Crippen molar-refractivity contribution in [2.24, 2.45) is 0 Å². The number of rotatable bonds is 1. The summed E-state index contributed by atoms with van der Waals surface area (Å²) in [6, 6.07) is 6.34. The van der Waals surface area contributed by atoms with Crippen molar-refractivity contribution in [3.63, 3.8) is 0 Å². The molecule has 3 heteroatoms. The summed E-state index contributed by atoms with van der Waals surface area (Å²) in [5.41, 5.74) is 0. The molecule has 0 aliphatic heterocycles. The molecule has 68 valence electrons. The number of fused-ring (bicyclic) bond motifs is 1. The number of hydrogen-bond acceptors (Lipinski definition) is 2. The topological polar surface area (TPSA) is 9.23 Å². The molecule has 0 radical (unpaired) electrons. The van der Waals surface area contributed by atoms with Gasteiger partial charge in [-0.15, -0.1) is 11.3 Å². The molecule has 1 heterocycles.